The van der Waals surface area contributed by atoms with Crippen LogP contribution in [0.5, 0.6) is 0 Å². The zero-order valence-electron chi connectivity index (χ0n) is 13.3. The van der Waals surface area contributed by atoms with E-state index < -0.39 is 36.9 Å². The Kier molecular flexibility index (Phi) is 4.78. The first kappa shape index (κ1) is 18.2. The Bertz CT molecular complexity index is 794. The van der Waals surface area contributed by atoms with Crippen molar-refractivity contribution in [1.29, 1.82) is 0 Å². The normalized spacial score (nSPS) is 24.5. The standard InChI is InChI=1S/C15H18N3O5PS/c1-8-7-25-15-11(13(20)18(15)14(8)24(21,22)23)17-12(19)10(16)9-5-3-2-4-6-9/h2-6,10-11,15H,7,16H2,1H3,(H,17,19)(H2,21,22,23)/t10?,11-,15+/m1/s1. The monoisotopic (exact) mass is 383 g/mol. The first-order valence-electron chi connectivity index (χ1n) is 7.53. The fraction of sp³-hybridized carbons (Fsp3) is 0.333. The molecule has 1 aromatic rings. The lowest BCUT2D eigenvalue weighted by Gasteiger charge is -2.50. The van der Waals surface area contributed by atoms with E-state index >= 15 is 0 Å². The maximum atomic E-state index is 12.4. The van der Waals surface area contributed by atoms with Gasteiger partial charge >= 0.3 is 7.60 Å². The zero-order chi connectivity index (χ0) is 18.4. The van der Waals surface area contributed by atoms with Gasteiger partial charge in [0.1, 0.15) is 22.9 Å². The molecule has 1 saturated heterocycles. The number of carbonyl (C=O) groups excluding carboxylic acids is 2. The Morgan fingerprint density at radius 3 is 2.64 bits per heavy atom. The van der Waals surface area contributed by atoms with E-state index in [0.717, 1.165) is 4.90 Å². The van der Waals surface area contributed by atoms with Crippen LogP contribution in [0.3, 0.4) is 0 Å². The number of nitrogens with one attached hydrogen (secondary N) is 1. The zero-order valence-corrected chi connectivity index (χ0v) is 15.0. The van der Waals surface area contributed by atoms with Gasteiger partial charge in [0, 0.05) is 5.75 Å². The lowest BCUT2D eigenvalue weighted by Crippen LogP contribution is -2.70. The maximum absolute atomic E-state index is 12.4. The molecule has 0 spiro atoms. The second-order valence-electron chi connectivity index (χ2n) is 5.93. The molecule has 8 nitrogen and oxygen atoms in total. The van der Waals surface area contributed by atoms with Crippen LogP contribution in [-0.4, -0.2) is 43.7 Å². The van der Waals surface area contributed by atoms with E-state index in [1.165, 1.54) is 11.8 Å². The summed E-state index contributed by atoms with van der Waals surface area (Å²) in [6.07, 6.45) is 0. The van der Waals surface area contributed by atoms with Crippen molar-refractivity contribution in [3.05, 3.63) is 46.9 Å². The summed E-state index contributed by atoms with van der Waals surface area (Å²) in [7, 11) is -4.57. The average molecular weight is 383 g/mol. The van der Waals surface area contributed by atoms with Gasteiger partial charge in [0.15, 0.2) is 0 Å². The summed E-state index contributed by atoms with van der Waals surface area (Å²) in [5.41, 5.74) is 6.75. The van der Waals surface area contributed by atoms with Gasteiger partial charge in [0.05, 0.1) is 0 Å². The number of hydrogen-bond donors (Lipinski definition) is 4. The molecule has 1 unspecified atom stereocenters. The van der Waals surface area contributed by atoms with Gasteiger partial charge in [-0.1, -0.05) is 30.3 Å². The van der Waals surface area contributed by atoms with E-state index in [1.54, 1.807) is 37.3 Å². The Balaban J connectivity index is 1.74. The molecule has 0 bridgehead atoms. The van der Waals surface area contributed by atoms with Crippen molar-refractivity contribution in [3.8, 4) is 0 Å². The van der Waals surface area contributed by atoms with Crippen LogP contribution in [0.15, 0.2) is 41.3 Å². The Labute approximate surface area is 148 Å². The first-order chi connectivity index (χ1) is 11.7. The highest BCUT2D eigenvalue weighted by molar-refractivity contribution is 8.00. The molecule has 134 valence electrons. The molecule has 0 radical (unpaired) electrons. The molecule has 2 heterocycles. The molecule has 1 aromatic carbocycles. The van der Waals surface area contributed by atoms with E-state index in [9.17, 15) is 23.9 Å². The van der Waals surface area contributed by atoms with E-state index in [1.807, 2.05) is 0 Å². The molecule has 25 heavy (non-hydrogen) atoms. The minimum absolute atomic E-state index is 0.251. The van der Waals surface area contributed by atoms with Gasteiger partial charge in [-0.05, 0) is 18.1 Å². The summed E-state index contributed by atoms with van der Waals surface area (Å²) >= 11 is 1.35. The second kappa shape index (κ2) is 6.59. The van der Waals surface area contributed by atoms with Crippen molar-refractivity contribution in [2.24, 2.45) is 5.73 Å². The van der Waals surface area contributed by atoms with Crippen molar-refractivity contribution >= 4 is 31.2 Å². The number of rotatable bonds is 4. The first-order valence-corrected chi connectivity index (χ1v) is 10.2. The average Bonchev–Trinajstić information content (AvgIpc) is 2.58. The Morgan fingerprint density at radius 1 is 1.40 bits per heavy atom. The third kappa shape index (κ3) is 3.26. The van der Waals surface area contributed by atoms with Crippen LogP contribution in [0, 0.1) is 0 Å². The fourth-order valence-corrected chi connectivity index (χ4v) is 5.47. The molecule has 3 rings (SSSR count). The number of benzene rings is 1. The summed E-state index contributed by atoms with van der Waals surface area (Å²) in [6.45, 7) is 1.59. The fourth-order valence-electron chi connectivity index (χ4n) is 2.92. The molecule has 10 heteroatoms. The van der Waals surface area contributed by atoms with Gasteiger partial charge in [-0.15, -0.1) is 11.8 Å². The quantitative estimate of drug-likeness (QED) is 0.439. The van der Waals surface area contributed by atoms with Crippen molar-refractivity contribution in [2.45, 2.75) is 24.4 Å². The number of amides is 2. The lowest BCUT2D eigenvalue weighted by atomic mass is 10.0. The van der Waals surface area contributed by atoms with E-state index in [4.69, 9.17) is 5.73 Å². The minimum Gasteiger partial charge on any atom is -0.340 e. The van der Waals surface area contributed by atoms with Crippen LogP contribution in [0.25, 0.3) is 0 Å². The molecule has 1 fully saturated rings. The highest BCUT2D eigenvalue weighted by Gasteiger charge is 2.55. The van der Waals surface area contributed by atoms with Crippen molar-refractivity contribution in [2.75, 3.05) is 5.75 Å². The SMILES string of the molecule is CC1=C(P(=O)(O)O)N2C(=O)[C@@H](NC(=O)C(N)c3ccccc3)[C@@H]2SC1. The molecule has 3 atom stereocenters. The van der Waals surface area contributed by atoms with Gasteiger partial charge < -0.3 is 20.8 Å². The molecule has 2 aliphatic rings. The Morgan fingerprint density at radius 2 is 2.04 bits per heavy atom. The summed E-state index contributed by atoms with van der Waals surface area (Å²) in [5.74, 6) is -0.663. The minimum atomic E-state index is -4.57. The molecule has 0 aliphatic carbocycles. The Hall–Kier alpha value is -1.64. The van der Waals surface area contributed by atoms with Gasteiger partial charge in [0.2, 0.25) is 5.91 Å². The number of thioether (sulfide) groups is 1. The number of nitrogens with two attached hydrogens (primary N) is 1. The smallest absolute Gasteiger partial charge is 0.340 e. The predicted octanol–water partition coefficient (Wildman–Crippen LogP) is 0.495. The van der Waals surface area contributed by atoms with Gasteiger partial charge in [-0.25, -0.2) is 0 Å². The van der Waals surface area contributed by atoms with Crippen LogP contribution < -0.4 is 11.1 Å². The molecule has 2 amide bonds. The van der Waals surface area contributed by atoms with E-state index in [-0.39, 0.29) is 5.44 Å². The van der Waals surface area contributed by atoms with Crippen LogP contribution in [-0.2, 0) is 14.2 Å². The second-order valence-corrected chi connectivity index (χ2v) is 8.55. The number of hydrogen-bond acceptors (Lipinski definition) is 5. The topological polar surface area (TPSA) is 133 Å². The maximum Gasteiger partial charge on any atom is 0.372 e. The highest BCUT2D eigenvalue weighted by Crippen LogP contribution is 2.55. The number of fused-ring (bicyclic) bond motifs is 1. The van der Waals surface area contributed by atoms with Gasteiger partial charge in [-0.2, -0.15) is 0 Å². The van der Waals surface area contributed by atoms with Crippen LogP contribution in [0.1, 0.15) is 18.5 Å². The molecular weight excluding hydrogens is 365 g/mol. The molecule has 2 aliphatic heterocycles. The van der Waals surface area contributed by atoms with E-state index in [0.29, 0.717) is 16.9 Å². The van der Waals surface area contributed by atoms with Crippen molar-refractivity contribution in [3.63, 3.8) is 0 Å². The van der Waals surface area contributed by atoms with Crippen molar-refractivity contribution < 1.29 is 23.9 Å². The largest absolute Gasteiger partial charge is 0.372 e. The lowest BCUT2D eigenvalue weighted by molar-refractivity contribution is -0.145. The van der Waals surface area contributed by atoms with Gasteiger partial charge in [-0.3, -0.25) is 19.1 Å². The van der Waals surface area contributed by atoms with Crippen molar-refractivity contribution in [1.82, 2.24) is 10.2 Å². The summed E-state index contributed by atoms with van der Waals surface area (Å²) in [5, 5.41) is 2.06. The summed E-state index contributed by atoms with van der Waals surface area (Å²) < 4.78 is 11.7. The molecule has 5 N–H and O–H groups in total. The third-order valence-corrected chi connectivity index (χ3v) is 6.71. The van der Waals surface area contributed by atoms with E-state index in [2.05, 4.69) is 5.32 Å². The van der Waals surface area contributed by atoms with Crippen LogP contribution in [0.2, 0.25) is 0 Å². The van der Waals surface area contributed by atoms with Crippen LogP contribution >= 0.6 is 19.4 Å². The molecule has 0 saturated carbocycles. The number of nitrogens with zero attached hydrogens (tertiary/aromatic N) is 1. The molecular formula is C15H18N3O5PS. The third-order valence-electron chi connectivity index (χ3n) is 4.14. The van der Waals surface area contributed by atoms with Gasteiger partial charge in [0.25, 0.3) is 5.91 Å². The summed E-state index contributed by atoms with van der Waals surface area (Å²) in [6, 6.07) is 6.99. The summed E-state index contributed by atoms with van der Waals surface area (Å²) in [4.78, 5) is 44.8. The number of β-lactam (4-membered cyclic amide) rings is 1. The molecule has 0 aromatic heterocycles. The predicted molar refractivity (Wildman–Crippen MR) is 93.1 cm³/mol. The van der Waals surface area contributed by atoms with Crippen LogP contribution in [0.4, 0.5) is 0 Å². The number of carbonyl (C=O) groups is 2. The highest BCUT2D eigenvalue weighted by atomic mass is 32.2.